The van der Waals surface area contributed by atoms with Gasteiger partial charge in [-0.25, -0.2) is 0 Å². The van der Waals surface area contributed by atoms with Crippen LogP contribution >= 0.6 is 45.2 Å². The number of hydrogen-bond donors (Lipinski definition) is 1. The maximum Gasteiger partial charge on any atom is 0.0918 e. The lowest BCUT2D eigenvalue weighted by atomic mass is 10.3. The van der Waals surface area contributed by atoms with Gasteiger partial charge in [0.15, 0.2) is 0 Å². The van der Waals surface area contributed by atoms with Crippen LogP contribution in [-0.4, -0.2) is 4.98 Å². The Balaban J connectivity index is 2.92. The molecule has 0 bridgehead atoms. The number of nitrogens with one attached hydrogen (secondary N) is 1. The standard InChI is InChI=1S/C8H5I2N/c9-7-5-3-1-2-4-6(5)11-8(7)10/h1-4,11H. The molecular weight excluding hydrogens is 364 g/mol. The van der Waals surface area contributed by atoms with Crippen LogP contribution in [0, 0.1) is 7.27 Å². The highest BCUT2D eigenvalue weighted by Crippen LogP contribution is 2.24. The van der Waals surface area contributed by atoms with Crippen molar-refractivity contribution in [3.63, 3.8) is 0 Å². The van der Waals surface area contributed by atoms with Crippen molar-refractivity contribution < 1.29 is 0 Å². The van der Waals surface area contributed by atoms with Gasteiger partial charge in [0.05, 0.1) is 7.27 Å². The Morgan fingerprint density at radius 1 is 1.09 bits per heavy atom. The summed E-state index contributed by atoms with van der Waals surface area (Å²) in [6, 6.07) is 8.34. The highest BCUT2D eigenvalue weighted by atomic mass is 127. The minimum absolute atomic E-state index is 1.22. The van der Waals surface area contributed by atoms with E-state index in [4.69, 9.17) is 0 Å². The Kier molecular flexibility index (Phi) is 2.09. The van der Waals surface area contributed by atoms with Crippen molar-refractivity contribution in [2.24, 2.45) is 0 Å². The second kappa shape index (κ2) is 2.93. The van der Waals surface area contributed by atoms with Crippen molar-refractivity contribution in [3.8, 4) is 0 Å². The molecule has 2 rings (SSSR count). The Hall–Kier alpha value is 0.220. The van der Waals surface area contributed by atoms with E-state index in [1.54, 1.807) is 0 Å². The van der Waals surface area contributed by atoms with Crippen molar-refractivity contribution in [2.75, 3.05) is 0 Å². The fourth-order valence-electron chi connectivity index (χ4n) is 1.07. The number of para-hydroxylation sites is 1. The van der Waals surface area contributed by atoms with Crippen LogP contribution in [0.15, 0.2) is 24.3 Å². The van der Waals surface area contributed by atoms with Crippen LogP contribution in [0.2, 0.25) is 0 Å². The van der Waals surface area contributed by atoms with Crippen LogP contribution in [-0.2, 0) is 0 Å². The molecule has 2 aromatic rings. The van der Waals surface area contributed by atoms with Gasteiger partial charge >= 0.3 is 0 Å². The van der Waals surface area contributed by atoms with Crippen molar-refractivity contribution in [2.45, 2.75) is 0 Å². The molecule has 1 nitrogen and oxygen atoms in total. The smallest absolute Gasteiger partial charge is 0.0918 e. The lowest BCUT2D eigenvalue weighted by Crippen LogP contribution is -1.68. The Labute approximate surface area is 91.8 Å². The van der Waals surface area contributed by atoms with Gasteiger partial charge in [-0.1, -0.05) is 18.2 Å². The van der Waals surface area contributed by atoms with Crippen LogP contribution in [0.5, 0.6) is 0 Å². The number of aromatic nitrogens is 1. The predicted octanol–water partition coefficient (Wildman–Crippen LogP) is 3.38. The number of H-pyrrole nitrogens is 1. The number of halogens is 2. The summed E-state index contributed by atoms with van der Waals surface area (Å²) in [4.78, 5) is 3.31. The molecule has 56 valence electrons. The Bertz CT molecular complexity index is 392. The summed E-state index contributed by atoms with van der Waals surface area (Å²) < 4.78 is 2.54. The molecule has 11 heavy (non-hydrogen) atoms. The topological polar surface area (TPSA) is 15.8 Å². The molecule has 1 heterocycles. The van der Waals surface area contributed by atoms with Gasteiger partial charge in [-0.2, -0.15) is 0 Å². The van der Waals surface area contributed by atoms with Gasteiger partial charge in [0.1, 0.15) is 0 Å². The van der Waals surface area contributed by atoms with Crippen LogP contribution in [0.3, 0.4) is 0 Å². The van der Waals surface area contributed by atoms with Gasteiger partial charge in [0.25, 0.3) is 0 Å². The molecule has 0 saturated heterocycles. The zero-order valence-electron chi connectivity index (χ0n) is 5.57. The minimum atomic E-state index is 1.22. The lowest BCUT2D eigenvalue weighted by molar-refractivity contribution is 1.39. The van der Waals surface area contributed by atoms with E-state index in [2.05, 4.69) is 68.4 Å². The van der Waals surface area contributed by atoms with Crippen LogP contribution < -0.4 is 0 Å². The molecule has 3 heteroatoms. The van der Waals surface area contributed by atoms with Crippen molar-refractivity contribution in [3.05, 3.63) is 31.5 Å². The van der Waals surface area contributed by atoms with Gasteiger partial charge < -0.3 is 4.98 Å². The fraction of sp³-hybridized carbons (Fsp3) is 0. The molecule has 1 aromatic heterocycles. The zero-order chi connectivity index (χ0) is 7.84. The average molecular weight is 369 g/mol. The Morgan fingerprint density at radius 3 is 2.55 bits per heavy atom. The first-order valence-electron chi connectivity index (χ1n) is 3.21. The predicted molar refractivity (Wildman–Crippen MR) is 63.7 cm³/mol. The van der Waals surface area contributed by atoms with Crippen LogP contribution in [0.4, 0.5) is 0 Å². The summed E-state index contributed by atoms with van der Waals surface area (Å²) in [6.45, 7) is 0. The third kappa shape index (κ3) is 1.28. The quantitative estimate of drug-likeness (QED) is 0.686. The van der Waals surface area contributed by atoms with Gasteiger partial charge in [-0.15, -0.1) is 0 Å². The average Bonchev–Trinajstić information content (AvgIpc) is 2.30. The highest BCUT2D eigenvalue weighted by Gasteiger charge is 2.03. The second-order valence-corrected chi connectivity index (χ2v) is 4.46. The van der Waals surface area contributed by atoms with E-state index in [9.17, 15) is 0 Å². The van der Waals surface area contributed by atoms with Gasteiger partial charge in [-0.05, 0) is 51.2 Å². The highest BCUT2D eigenvalue weighted by molar-refractivity contribution is 14.1. The first-order chi connectivity index (χ1) is 5.29. The summed E-state index contributed by atoms with van der Waals surface area (Å²) in [7, 11) is 0. The van der Waals surface area contributed by atoms with Gasteiger partial charge in [0.2, 0.25) is 0 Å². The largest absolute Gasteiger partial charge is 0.349 e. The van der Waals surface area contributed by atoms with E-state index in [-0.39, 0.29) is 0 Å². The maximum atomic E-state index is 3.31. The van der Waals surface area contributed by atoms with Gasteiger partial charge in [0, 0.05) is 10.9 Å². The molecule has 0 radical (unpaired) electrons. The molecule has 1 N–H and O–H groups in total. The number of rotatable bonds is 0. The molecule has 0 amide bonds. The monoisotopic (exact) mass is 369 g/mol. The van der Waals surface area contributed by atoms with E-state index in [0.717, 1.165) is 0 Å². The zero-order valence-corrected chi connectivity index (χ0v) is 9.88. The van der Waals surface area contributed by atoms with Crippen LogP contribution in [0.1, 0.15) is 0 Å². The molecule has 1 aromatic carbocycles. The van der Waals surface area contributed by atoms with E-state index in [1.165, 1.54) is 18.2 Å². The number of hydrogen-bond acceptors (Lipinski definition) is 0. The number of benzene rings is 1. The second-order valence-electron chi connectivity index (χ2n) is 2.30. The molecule has 0 unspecified atom stereocenters. The number of fused-ring (bicyclic) bond motifs is 1. The van der Waals surface area contributed by atoms with Crippen molar-refractivity contribution in [1.29, 1.82) is 0 Å². The third-order valence-electron chi connectivity index (χ3n) is 1.60. The molecular formula is C8H5I2N. The summed E-state index contributed by atoms with van der Waals surface area (Å²) in [6.07, 6.45) is 0. The summed E-state index contributed by atoms with van der Waals surface area (Å²) >= 11 is 4.67. The SMILES string of the molecule is Ic1[nH]c2ccccc2c1I. The first-order valence-corrected chi connectivity index (χ1v) is 5.36. The van der Waals surface area contributed by atoms with E-state index < -0.39 is 0 Å². The normalized spacial score (nSPS) is 10.7. The lowest BCUT2D eigenvalue weighted by Gasteiger charge is -1.85. The van der Waals surface area contributed by atoms with Gasteiger partial charge in [-0.3, -0.25) is 0 Å². The van der Waals surface area contributed by atoms with E-state index in [0.29, 0.717) is 0 Å². The maximum absolute atomic E-state index is 3.31. The molecule has 0 aliphatic carbocycles. The molecule has 0 fully saturated rings. The van der Waals surface area contributed by atoms with E-state index >= 15 is 0 Å². The number of aromatic amines is 1. The van der Waals surface area contributed by atoms with Crippen LogP contribution in [0.25, 0.3) is 10.9 Å². The molecule has 0 atom stereocenters. The molecule has 0 aliphatic heterocycles. The summed E-state index contributed by atoms with van der Waals surface area (Å²) in [5, 5.41) is 1.32. The summed E-state index contributed by atoms with van der Waals surface area (Å²) in [5.41, 5.74) is 1.22. The van der Waals surface area contributed by atoms with E-state index in [1.807, 2.05) is 6.07 Å². The fourth-order valence-corrected chi connectivity index (χ4v) is 2.26. The first kappa shape index (κ1) is 7.85. The minimum Gasteiger partial charge on any atom is -0.349 e. The van der Waals surface area contributed by atoms with Crippen molar-refractivity contribution >= 4 is 56.1 Å². The third-order valence-corrected chi connectivity index (χ3v) is 4.56. The molecule has 0 saturated carbocycles. The Morgan fingerprint density at radius 2 is 1.82 bits per heavy atom. The summed E-state index contributed by atoms with van der Waals surface area (Å²) in [5.74, 6) is 0. The molecule has 0 spiro atoms. The van der Waals surface area contributed by atoms with Crippen molar-refractivity contribution in [1.82, 2.24) is 4.98 Å². The molecule has 0 aliphatic rings.